The highest BCUT2D eigenvalue weighted by Gasteiger charge is 2.18. The molecule has 2 heterocycles. The summed E-state index contributed by atoms with van der Waals surface area (Å²) in [6.07, 6.45) is 1.50. The summed E-state index contributed by atoms with van der Waals surface area (Å²) in [5.41, 5.74) is 3.19. The average molecular weight is 325 g/mol. The predicted molar refractivity (Wildman–Crippen MR) is 86.1 cm³/mol. The van der Waals surface area contributed by atoms with Crippen molar-refractivity contribution in [2.24, 2.45) is 0 Å². The first-order valence-electron chi connectivity index (χ1n) is 6.56. The maximum absolute atomic E-state index is 12.5. The van der Waals surface area contributed by atoms with Crippen LogP contribution in [0.25, 0.3) is 0 Å². The summed E-state index contributed by atoms with van der Waals surface area (Å²) >= 11 is 7.64. The van der Waals surface area contributed by atoms with Crippen LogP contribution >= 0.6 is 22.9 Å². The number of anilines is 1. The van der Waals surface area contributed by atoms with Gasteiger partial charge in [0.2, 0.25) is 0 Å². The third-order valence-corrected chi connectivity index (χ3v) is 4.24. The number of rotatable bonds is 5. The Morgan fingerprint density at radius 3 is 2.86 bits per heavy atom. The minimum absolute atomic E-state index is 0.130. The van der Waals surface area contributed by atoms with Crippen molar-refractivity contribution >= 4 is 34.7 Å². The Labute approximate surface area is 133 Å². The van der Waals surface area contributed by atoms with Crippen LogP contribution in [0.15, 0.2) is 17.8 Å². The Hall–Kier alpha value is -1.66. The molecule has 0 aliphatic carbocycles. The van der Waals surface area contributed by atoms with Gasteiger partial charge in [0.25, 0.3) is 5.91 Å². The van der Waals surface area contributed by atoms with Crippen molar-refractivity contribution in [3.8, 4) is 0 Å². The quantitative estimate of drug-likeness (QED) is 0.917. The molecule has 112 valence electrons. The number of aromatic nitrogens is 2. The van der Waals surface area contributed by atoms with Crippen molar-refractivity contribution in [2.75, 3.05) is 18.9 Å². The predicted octanol–water partition coefficient (Wildman–Crippen LogP) is 3.20. The van der Waals surface area contributed by atoms with Crippen molar-refractivity contribution < 1.29 is 4.79 Å². The minimum Gasteiger partial charge on any atom is -0.370 e. The van der Waals surface area contributed by atoms with E-state index < -0.39 is 0 Å². The van der Waals surface area contributed by atoms with Gasteiger partial charge in [-0.25, -0.2) is 9.97 Å². The Bertz CT molecular complexity index is 644. The van der Waals surface area contributed by atoms with E-state index >= 15 is 0 Å². The van der Waals surface area contributed by atoms with E-state index in [2.05, 4.69) is 15.3 Å². The molecule has 0 aromatic carbocycles. The first-order chi connectivity index (χ1) is 10.0. The summed E-state index contributed by atoms with van der Waals surface area (Å²) < 4.78 is 0. The summed E-state index contributed by atoms with van der Waals surface area (Å²) in [7, 11) is 1.76. The second kappa shape index (κ2) is 6.87. The van der Waals surface area contributed by atoms with Crippen LogP contribution in [0, 0.1) is 6.92 Å². The number of carbonyl (C=O) groups excluding carboxylic acids is 1. The third kappa shape index (κ3) is 3.71. The lowest BCUT2D eigenvalue weighted by molar-refractivity contribution is 0.0786. The van der Waals surface area contributed by atoms with Gasteiger partial charge in [0.1, 0.15) is 5.82 Å². The number of nitrogens with one attached hydrogen (secondary N) is 1. The van der Waals surface area contributed by atoms with Crippen molar-refractivity contribution in [2.45, 2.75) is 20.4 Å². The van der Waals surface area contributed by atoms with Crippen LogP contribution in [0.1, 0.15) is 27.9 Å². The molecule has 0 saturated carbocycles. The van der Waals surface area contributed by atoms with Gasteiger partial charge in [-0.05, 0) is 19.9 Å². The summed E-state index contributed by atoms with van der Waals surface area (Å²) in [4.78, 5) is 23.6. The number of nitrogens with zero attached hydrogens (tertiary/aromatic N) is 3. The van der Waals surface area contributed by atoms with Gasteiger partial charge < -0.3 is 10.2 Å². The van der Waals surface area contributed by atoms with Crippen LogP contribution < -0.4 is 5.32 Å². The number of halogens is 1. The molecule has 2 aromatic rings. The standard InChI is InChI=1S/C14H17ClN4OS/c1-4-16-13-5-10(11(15)6-17-13)14(20)19(3)7-12-9(2)18-8-21-12/h5-6,8H,4,7H2,1-3H3,(H,16,17). The highest BCUT2D eigenvalue weighted by molar-refractivity contribution is 7.09. The van der Waals surface area contributed by atoms with Crippen molar-refractivity contribution in [1.82, 2.24) is 14.9 Å². The zero-order valence-electron chi connectivity index (χ0n) is 12.2. The van der Waals surface area contributed by atoms with E-state index in [9.17, 15) is 4.79 Å². The van der Waals surface area contributed by atoms with E-state index in [1.54, 1.807) is 34.9 Å². The van der Waals surface area contributed by atoms with E-state index in [1.165, 1.54) is 6.20 Å². The summed E-state index contributed by atoms with van der Waals surface area (Å²) in [6, 6.07) is 1.68. The number of pyridine rings is 1. The second-order valence-corrected chi connectivity index (χ2v) is 5.95. The largest absolute Gasteiger partial charge is 0.370 e. The van der Waals surface area contributed by atoms with Crippen LogP contribution in [-0.4, -0.2) is 34.4 Å². The molecule has 0 radical (unpaired) electrons. The van der Waals surface area contributed by atoms with Gasteiger partial charge in [0.05, 0.1) is 28.3 Å². The molecule has 1 amide bonds. The molecule has 0 aliphatic heterocycles. The van der Waals surface area contributed by atoms with Crippen molar-refractivity contribution in [3.05, 3.63) is 38.9 Å². The molecular weight excluding hydrogens is 308 g/mol. The van der Waals surface area contributed by atoms with Crippen LogP contribution in [-0.2, 0) is 6.54 Å². The smallest absolute Gasteiger partial charge is 0.255 e. The van der Waals surface area contributed by atoms with Gasteiger partial charge >= 0.3 is 0 Å². The Balaban J connectivity index is 2.18. The van der Waals surface area contributed by atoms with Crippen LogP contribution in [0.2, 0.25) is 5.02 Å². The minimum atomic E-state index is -0.130. The lowest BCUT2D eigenvalue weighted by Crippen LogP contribution is -2.26. The fourth-order valence-corrected chi connectivity index (χ4v) is 2.86. The van der Waals surface area contributed by atoms with Gasteiger partial charge in [0, 0.05) is 24.7 Å². The maximum atomic E-state index is 12.5. The summed E-state index contributed by atoms with van der Waals surface area (Å²) in [5.74, 6) is 0.516. The molecule has 0 unspecified atom stereocenters. The molecular formula is C14H17ClN4OS. The van der Waals surface area contributed by atoms with E-state index in [4.69, 9.17) is 11.6 Å². The molecule has 2 aromatic heterocycles. The number of amides is 1. The Morgan fingerprint density at radius 1 is 1.48 bits per heavy atom. The molecule has 7 heteroatoms. The number of hydrogen-bond donors (Lipinski definition) is 1. The molecule has 1 N–H and O–H groups in total. The van der Waals surface area contributed by atoms with Gasteiger partial charge in [-0.15, -0.1) is 11.3 Å². The van der Waals surface area contributed by atoms with Gasteiger partial charge in [-0.2, -0.15) is 0 Å². The summed E-state index contributed by atoms with van der Waals surface area (Å²) in [5, 5.41) is 3.43. The van der Waals surface area contributed by atoms with Gasteiger partial charge in [-0.1, -0.05) is 11.6 Å². The first-order valence-corrected chi connectivity index (χ1v) is 7.82. The monoisotopic (exact) mass is 324 g/mol. The third-order valence-electron chi connectivity index (χ3n) is 3.02. The number of thiazole rings is 1. The number of carbonyl (C=O) groups is 1. The molecule has 21 heavy (non-hydrogen) atoms. The van der Waals surface area contributed by atoms with Crippen molar-refractivity contribution in [1.29, 1.82) is 0 Å². The molecule has 0 saturated heterocycles. The van der Waals surface area contributed by atoms with E-state index in [-0.39, 0.29) is 5.91 Å². The summed E-state index contributed by atoms with van der Waals surface area (Å²) in [6.45, 7) is 5.16. The molecule has 0 spiro atoms. The fourth-order valence-electron chi connectivity index (χ4n) is 1.85. The Kier molecular flexibility index (Phi) is 5.14. The molecule has 0 atom stereocenters. The first kappa shape index (κ1) is 15.7. The van der Waals surface area contributed by atoms with Crippen LogP contribution in [0.3, 0.4) is 0 Å². The fraction of sp³-hybridized carbons (Fsp3) is 0.357. The highest BCUT2D eigenvalue weighted by Crippen LogP contribution is 2.21. The molecule has 0 fully saturated rings. The highest BCUT2D eigenvalue weighted by atomic mass is 35.5. The van der Waals surface area contributed by atoms with Gasteiger partial charge in [0.15, 0.2) is 0 Å². The second-order valence-electron chi connectivity index (χ2n) is 4.60. The molecule has 0 bridgehead atoms. The SMILES string of the molecule is CCNc1cc(C(=O)N(C)Cc2scnc2C)c(Cl)cn1. The van der Waals surface area contributed by atoms with Crippen molar-refractivity contribution in [3.63, 3.8) is 0 Å². The van der Waals surface area contributed by atoms with E-state index in [0.29, 0.717) is 22.9 Å². The van der Waals surface area contributed by atoms with E-state index in [0.717, 1.165) is 17.1 Å². The normalized spacial score (nSPS) is 10.5. The number of aryl methyl sites for hydroxylation is 1. The van der Waals surface area contributed by atoms with Crippen LogP contribution in [0.4, 0.5) is 5.82 Å². The molecule has 0 aliphatic rings. The Morgan fingerprint density at radius 2 is 2.24 bits per heavy atom. The lowest BCUT2D eigenvalue weighted by atomic mass is 10.2. The van der Waals surface area contributed by atoms with Gasteiger partial charge in [-0.3, -0.25) is 4.79 Å². The zero-order valence-corrected chi connectivity index (χ0v) is 13.8. The zero-order chi connectivity index (χ0) is 15.4. The maximum Gasteiger partial charge on any atom is 0.255 e. The lowest BCUT2D eigenvalue weighted by Gasteiger charge is -2.18. The average Bonchev–Trinajstić information content (AvgIpc) is 2.86. The molecule has 5 nitrogen and oxygen atoms in total. The van der Waals surface area contributed by atoms with Crippen LogP contribution in [0.5, 0.6) is 0 Å². The molecule has 2 rings (SSSR count). The number of hydrogen-bond acceptors (Lipinski definition) is 5. The topological polar surface area (TPSA) is 58.1 Å². The van der Waals surface area contributed by atoms with E-state index in [1.807, 2.05) is 13.8 Å².